The third-order valence-electron chi connectivity index (χ3n) is 4.02. The Kier molecular flexibility index (Phi) is 7.48. The Labute approximate surface area is 201 Å². The van der Waals surface area contributed by atoms with Gasteiger partial charge in [-0.25, -0.2) is 23.3 Å². The Bertz CT molecular complexity index is 1340. The number of ether oxygens (including phenoxy) is 1. The number of nitrogens with zero attached hydrogens (tertiary/aromatic N) is 2. The minimum Gasteiger partial charge on any atom is -0.470 e. The van der Waals surface area contributed by atoms with Crippen molar-refractivity contribution in [3.63, 3.8) is 0 Å². The number of halogens is 2. The van der Waals surface area contributed by atoms with Crippen molar-refractivity contribution in [2.24, 2.45) is 0 Å². The average molecular weight is 562 g/mol. The molecule has 2 aromatic heterocycles. The third-order valence-corrected chi connectivity index (χ3v) is 5.65. The minimum atomic E-state index is -4.15. The van der Waals surface area contributed by atoms with Gasteiger partial charge in [0.1, 0.15) is 23.9 Å². The molecule has 3 rings (SSSR count). The molecule has 12 nitrogen and oxygen atoms in total. The van der Waals surface area contributed by atoms with Gasteiger partial charge in [0, 0.05) is 13.1 Å². The Balaban J connectivity index is 1.67. The van der Waals surface area contributed by atoms with Gasteiger partial charge in [-0.1, -0.05) is 5.16 Å². The van der Waals surface area contributed by atoms with Gasteiger partial charge in [-0.3, -0.25) is 4.52 Å². The van der Waals surface area contributed by atoms with Crippen molar-refractivity contribution < 1.29 is 31.3 Å². The number of furan rings is 1. The minimum absolute atomic E-state index is 0.0753. The van der Waals surface area contributed by atoms with Crippen LogP contribution in [0.15, 0.2) is 48.9 Å². The zero-order chi connectivity index (χ0) is 25.1. The summed E-state index contributed by atoms with van der Waals surface area (Å²) >= 11 is 3.07. The molecule has 0 spiro atoms. The summed E-state index contributed by atoms with van der Waals surface area (Å²) in [5, 5.41) is 6.70. The maximum atomic E-state index is 13.6. The molecule has 0 aliphatic heterocycles. The lowest BCUT2D eigenvalue weighted by Gasteiger charge is -2.19. The van der Waals surface area contributed by atoms with Crippen LogP contribution in [0.5, 0.6) is 0 Å². The Hall–Kier alpha value is -3.17. The molecule has 1 aromatic carbocycles. The van der Waals surface area contributed by atoms with Gasteiger partial charge in [0.05, 0.1) is 21.4 Å². The van der Waals surface area contributed by atoms with Gasteiger partial charge in [-0.05, 0) is 54.9 Å². The zero-order valence-corrected chi connectivity index (χ0v) is 20.6. The molecule has 1 amide bonds. The van der Waals surface area contributed by atoms with E-state index in [0.717, 1.165) is 4.57 Å². The number of amides is 1. The highest BCUT2D eigenvalue weighted by Crippen LogP contribution is 2.29. The number of anilines is 1. The summed E-state index contributed by atoms with van der Waals surface area (Å²) in [6.07, 6.45) is 1.52. The van der Waals surface area contributed by atoms with E-state index >= 15 is 0 Å². The first-order chi connectivity index (χ1) is 15.9. The van der Waals surface area contributed by atoms with E-state index in [9.17, 15) is 22.4 Å². The standard InChI is InChI=1S/C19H21BrFN5O7S/c1-19(2,3)32-17(27)25-34(29,30)23-7-6-22-15-10-31-9-12(15)16-24-33-18(28)26(16)11-4-5-14(21)13(20)8-11/h4-5,8-10,22-23H,6-7H2,1-3H3,(H,25,27). The van der Waals surface area contributed by atoms with Crippen LogP contribution >= 0.6 is 15.9 Å². The molecule has 0 radical (unpaired) electrons. The molecular formula is C19H21BrFN5O7S. The normalized spacial score (nSPS) is 11.9. The van der Waals surface area contributed by atoms with Crippen LogP contribution in [0.25, 0.3) is 17.1 Å². The SMILES string of the molecule is CC(C)(C)OC(=O)NS(=O)(=O)NCCNc1cocc1-c1noc(=O)n1-c1ccc(F)c(Br)c1. The topological polar surface area (TPSA) is 158 Å². The number of aromatic nitrogens is 2. The monoisotopic (exact) mass is 561 g/mol. The third kappa shape index (κ3) is 6.45. The first-order valence-electron chi connectivity index (χ1n) is 9.71. The van der Waals surface area contributed by atoms with Gasteiger partial charge < -0.3 is 14.5 Å². The van der Waals surface area contributed by atoms with E-state index in [0.29, 0.717) is 16.9 Å². The average Bonchev–Trinajstić information content (AvgIpc) is 3.31. The second-order valence-electron chi connectivity index (χ2n) is 7.83. The first-order valence-corrected chi connectivity index (χ1v) is 12.0. The molecule has 15 heteroatoms. The molecule has 0 saturated heterocycles. The fourth-order valence-electron chi connectivity index (χ4n) is 2.71. The van der Waals surface area contributed by atoms with E-state index in [2.05, 4.69) is 31.1 Å². The van der Waals surface area contributed by atoms with E-state index < -0.39 is 33.5 Å². The van der Waals surface area contributed by atoms with Crippen LogP contribution in [-0.4, -0.2) is 42.9 Å². The van der Waals surface area contributed by atoms with Gasteiger partial charge in [-0.2, -0.15) is 13.1 Å². The number of nitrogens with one attached hydrogen (secondary N) is 3. The van der Waals surface area contributed by atoms with Crippen molar-refractivity contribution in [3.05, 3.63) is 51.6 Å². The molecular weight excluding hydrogens is 541 g/mol. The maximum absolute atomic E-state index is 13.6. The largest absolute Gasteiger partial charge is 0.470 e. The van der Waals surface area contributed by atoms with Crippen LogP contribution in [0.1, 0.15) is 20.8 Å². The second-order valence-corrected chi connectivity index (χ2v) is 10.2. The van der Waals surface area contributed by atoms with Crippen molar-refractivity contribution in [2.75, 3.05) is 18.4 Å². The van der Waals surface area contributed by atoms with Gasteiger partial charge in [0.25, 0.3) is 0 Å². The van der Waals surface area contributed by atoms with Crippen LogP contribution in [-0.2, 0) is 14.9 Å². The Morgan fingerprint density at radius 2 is 2.00 bits per heavy atom. The number of benzene rings is 1. The van der Waals surface area contributed by atoms with Crippen LogP contribution in [0, 0.1) is 5.82 Å². The molecule has 34 heavy (non-hydrogen) atoms. The van der Waals surface area contributed by atoms with Crippen LogP contribution in [0.4, 0.5) is 14.9 Å². The van der Waals surface area contributed by atoms with E-state index in [1.54, 1.807) is 25.5 Å². The lowest BCUT2D eigenvalue weighted by molar-refractivity contribution is 0.0569. The highest BCUT2D eigenvalue weighted by molar-refractivity contribution is 9.10. The van der Waals surface area contributed by atoms with Crippen molar-refractivity contribution in [1.82, 2.24) is 19.2 Å². The number of rotatable bonds is 8. The van der Waals surface area contributed by atoms with E-state index in [-0.39, 0.29) is 23.4 Å². The summed E-state index contributed by atoms with van der Waals surface area (Å²) in [6.45, 7) is 4.76. The van der Waals surface area contributed by atoms with Crippen LogP contribution in [0.3, 0.4) is 0 Å². The van der Waals surface area contributed by atoms with Gasteiger partial charge in [-0.15, -0.1) is 0 Å². The molecule has 0 bridgehead atoms. The molecule has 2 heterocycles. The number of hydrogen-bond acceptors (Lipinski definition) is 9. The summed E-state index contributed by atoms with van der Waals surface area (Å²) < 4.78 is 57.6. The summed E-state index contributed by atoms with van der Waals surface area (Å²) in [5.41, 5.74) is 0.149. The predicted molar refractivity (Wildman–Crippen MR) is 122 cm³/mol. The van der Waals surface area contributed by atoms with E-state index in [1.165, 1.54) is 30.7 Å². The molecule has 184 valence electrons. The summed E-state index contributed by atoms with van der Waals surface area (Å²) in [4.78, 5) is 23.9. The molecule has 0 saturated carbocycles. The highest BCUT2D eigenvalue weighted by atomic mass is 79.9. The van der Waals surface area contributed by atoms with Gasteiger partial charge in [0.2, 0.25) is 0 Å². The molecule has 0 aliphatic rings. The summed E-state index contributed by atoms with van der Waals surface area (Å²) in [6, 6.07) is 3.94. The Morgan fingerprint density at radius 3 is 2.68 bits per heavy atom. The van der Waals surface area contributed by atoms with E-state index in [1.807, 2.05) is 0 Å². The summed E-state index contributed by atoms with van der Waals surface area (Å²) in [5.74, 6) is -1.24. The van der Waals surface area contributed by atoms with Crippen molar-refractivity contribution in [2.45, 2.75) is 26.4 Å². The molecule has 3 N–H and O–H groups in total. The molecule has 3 aromatic rings. The smallest absolute Gasteiger partial charge is 0.446 e. The van der Waals surface area contributed by atoms with Gasteiger partial charge >= 0.3 is 22.1 Å². The van der Waals surface area contributed by atoms with E-state index in [4.69, 9.17) is 13.7 Å². The maximum Gasteiger partial charge on any atom is 0.446 e. The van der Waals surface area contributed by atoms with Crippen molar-refractivity contribution in [1.29, 1.82) is 0 Å². The fraction of sp³-hybridized carbons (Fsp3) is 0.316. The predicted octanol–water partition coefficient (Wildman–Crippen LogP) is 2.76. The lowest BCUT2D eigenvalue weighted by atomic mass is 10.2. The van der Waals surface area contributed by atoms with Gasteiger partial charge in [0.15, 0.2) is 5.82 Å². The van der Waals surface area contributed by atoms with Crippen LogP contribution < -0.4 is 20.5 Å². The molecule has 0 fully saturated rings. The first kappa shape index (κ1) is 25.5. The Morgan fingerprint density at radius 1 is 1.26 bits per heavy atom. The van der Waals surface area contributed by atoms with Crippen LogP contribution in [0.2, 0.25) is 0 Å². The summed E-state index contributed by atoms with van der Waals surface area (Å²) in [7, 11) is -4.15. The molecule has 0 aliphatic carbocycles. The second kappa shape index (κ2) is 9.99. The zero-order valence-electron chi connectivity index (χ0n) is 18.2. The molecule has 0 unspecified atom stereocenters. The van der Waals surface area contributed by atoms with Crippen molar-refractivity contribution in [3.8, 4) is 17.1 Å². The number of carbonyl (C=O) groups is 1. The number of hydrogen-bond donors (Lipinski definition) is 3. The molecule has 0 atom stereocenters. The lowest BCUT2D eigenvalue weighted by Crippen LogP contribution is -2.44. The quantitative estimate of drug-likeness (QED) is 0.351. The highest BCUT2D eigenvalue weighted by Gasteiger charge is 2.22. The fourth-order valence-corrected chi connectivity index (χ4v) is 3.78. The van der Waals surface area contributed by atoms with Crippen molar-refractivity contribution >= 4 is 37.9 Å². The number of carbonyl (C=O) groups excluding carboxylic acids is 1.